The number of benzene rings is 7. The summed E-state index contributed by atoms with van der Waals surface area (Å²) in [6.07, 6.45) is 0. The Labute approximate surface area is 218 Å². The molecule has 0 radical (unpaired) electrons. The summed E-state index contributed by atoms with van der Waals surface area (Å²) in [5.74, 6) is 0.112. The van der Waals surface area contributed by atoms with Crippen molar-refractivity contribution in [2.24, 2.45) is 0 Å². The largest absolute Gasteiger partial charge is 0.423 e. The number of hydrogen-bond donors (Lipinski definition) is 0. The average molecular weight is 493 g/mol. The van der Waals surface area contributed by atoms with E-state index in [1.165, 1.54) is 0 Å². The monoisotopic (exact) mass is 492 g/mol. The Morgan fingerprint density at radius 3 is 1.66 bits per heavy atom. The predicted octanol–water partition coefficient (Wildman–Crippen LogP) is 8.18. The Balaban J connectivity index is 1.49. The molecule has 0 unspecified atom stereocenters. The Bertz CT molecular complexity index is 1990. The molecule has 0 aliphatic heterocycles. The Kier molecular flexibility index (Phi) is 5.05. The standard InChI is InChI=1S/C34H20O4/c35-33(37-22-10-3-1-4-11-22)27-20-19-26-24-14-7-9-21-17-18-29(34(36)38-23-12-5-2-6-13-23)32(30(21)24)28-16-8-15-25(27)31(26)28/h1-20H. The van der Waals surface area contributed by atoms with E-state index in [2.05, 4.69) is 6.07 Å². The number of fused-ring (bicyclic) bond motifs is 2. The van der Waals surface area contributed by atoms with Crippen LogP contribution in [-0.4, -0.2) is 11.9 Å². The Morgan fingerprint density at radius 1 is 0.395 bits per heavy atom. The van der Waals surface area contributed by atoms with Crippen LogP contribution in [-0.2, 0) is 0 Å². The zero-order chi connectivity index (χ0) is 25.6. The fourth-order valence-corrected chi connectivity index (χ4v) is 5.37. The molecule has 0 amide bonds. The van der Waals surface area contributed by atoms with Gasteiger partial charge in [-0.05, 0) is 74.1 Å². The molecule has 7 aromatic rings. The molecule has 0 aliphatic rings. The number of esters is 2. The second-order valence-electron chi connectivity index (χ2n) is 9.19. The average Bonchev–Trinajstić information content (AvgIpc) is 2.96. The van der Waals surface area contributed by atoms with Crippen molar-refractivity contribution in [3.63, 3.8) is 0 Å². The lowest BCUT2D eigenvalue weighted by Gasteiger charge is -2.18. The van der Waals surface area contributed by atoms with E-state index >= 15 is 0 Å². The normalized spacial score (nSPS) is 11.4. The minimum atomic E-state index is -0.430. The van der Waals surface area contributed by atoms with Gasteiger partial charge in [0.2, 0.25) is 0 Å². The van der Waals surface area contributed by atoms with Crippen molar-refractivity contribution < 1.29 is 19.1 Å². The lowest BCUT2D eigenvalue weighted by Crippen LogP contribution is -2.10. The number of rotatable bonds is 4. The maximum Gasteiger partial charge on any atom is 0.344 e. The van der Waals surface area contributed by atoms with Crippen molar-refractivity contribution in [1.29, 1.82) is 0 Å². The highest BCUT2D eigenvalue weighted by Gasteiger charge is 2.22. The quantitative estimate of drug-likeness (QED) is 0.108. The molecule has 4 nitrogen and oxygen atoms in total. The van der Waals surface area contributed by atoms with Gasteiger partial charge >= 0.3 is 11.9 Å². The van der Waals surface area contributed by atoms with Crippen LogP contribution in [0, 0.1) is 0 Å². The summed E-state index contributed by atoms with van der Waals surface area (Å²) in [6.45, 7) is 0. The van der Waals surface area contributed by atoms with E-state index < -0.39 is 11.9 Å². The van der Waals surface area contributed by atoms with E-state index in [1.54, 1.807) is 24.3 Å². The van der Waals surface area contributed by atoms with Crippen LogP contribution in [0.3, 0.4) is 0 Å². The van der Waals surface area contributed by atoms with E-state index in [0.717, 1.165) is 43.1 Å². The second kappa shape index (κ2) is 8.71. The molecule has 0 fully saturated rings. The predicted molar refractivity (Wildman–Crippen MR) is 150 cm³/mol. The minimum absolute atomic E-state index is 0.428. The first-order chi connectivity index (χ1) is 18.7. The highest BCUT2D eigenvalue weighted by atomic mass is 16.5. The van der Waals surface area contributed by atoms with Gasteiger partial charge in [-0.15, -0.1) is 0 Å². The lowest BCUT2D eigenvalue weighted by atomic mass is 9.86. The first kappa shape index (κ1) is 22.0. The van der Waals surface area contributed by atoms with Gasteiger partial charge in [-0.3, -0.25) is 0 Å². The van der Waals surface area contributed by atoms with Gasteiger partial charge in [0.15, 0.2) is 0 Å². The molecule has 7 aromatic carbocycles. The number of ether oxygens (including phenoxy) is 2. The first-order valence-electron chi connectivity index (χ1n) is 12.4. The molecule has 4 heteroatoms. The molecule has 0 saturated heterocycles. The fraction of sp³-hybridized carbons (Fsp3) is 0. The summed E-state index contributed by atoms with van der Waals surface area (Å²) >= 11 is 0. The molecule has 0 aliphatic carbocycles. The zero-order valence-corrected chi connectivity index (χ0v) is 20.2. The van der Waals surface area contributed by atoms with Gasteiger partial charge < -0.3 is 9.47 Å². The maximum atomic E-state index is 13.5. The third-order valence-electron chi connectivity index (χ3n) is 6.99. The van der Waals surface area contributed by atoms with Crippen LogP contribution in [0.5, 0.6) is 11.5 Å². The van der Waals surface area contributed by atoms with Crippen LogP contribution in [0.4, 0.5) is 0 Å². The SMILES string of the molecule is O=C(Oc1ccccc1)c1ccc2c3cccc4ccc(C(=O)Oc5ccccc5)c(c5cccc1c25)c43. The molecular weight excluding hydrogens is 472 g/mol. The summed E-state index contributed by atoms with van der Waals surface area (Å²) in [7, 11) is 0. The number of carbonyl (C=O) groups excluding carboxylic acids is 2. The van der Waals surface area contributed by atoms with Gasteiger partial charge in [0.05, 0.1) is 11.1 Å². The minimum Gasteiger partial charge on any atom is -0.423 e. The van der Waals surface area contributed by atoms with Crippen molar-refractivity contribution in [2.45, 2.75) is 0 Å². The zero-order valence-electron chi connectivity index (χ0n) is 20.2. The van der Waals surface area contributed by atoms with E-state index in [1.807, 2.05) is 91.0 Å². The van der Waals surface area contributed by atoms with Gasteiger partial charge in [0.25, 0.3) is 0 Å². The van der Waals surface area contributed by atoms with E-state index in [9.17, 15) is 9.59 Å². The topological polar surface area (TPSA) is 52.6 Å². The molecular formula is C34H20O4. The molecule has 0 aromatic heterocycles. The molecule has 0 N–H and O–H groups in total. The van der Waals surface area contributed by atoms with Gasteiger partial charge in [0.1, 0.15) is 11.5 Å². The van der Waals surface area contributed by atoms with Crippen molar-refractivity contribution in [3.05, 3.63) is 132 Å². The molecule has 7 rings (SSSR count). The summed E-state index contributed by atoms with van der Waals surface area (Å²) < 4.78 is 11.4. The van der Waals surface area contributed by atoms with Gasteiger partial charge in [-0.1, -0.05) is 84.9 Å². The van der Waals surface area contributed by atoms with Crippen LogP contribution in [0.1, 0.15) is 20.7 Å². The fourth-order valence-electron chi connectivity index (χ4n) is 5.37. The van der Waals surface area contributed by atoms with Crippen LogP contribution in [0.25, 0.3) is 43.1 Å². The molecule has 0 bridgehead atoms. The summed E-state index contributed by atoms with van der Waals surface area (Å²) in [5, 5.41) is 7.43. The molecule has 38 heavy (non-hydrogen) atoms. The third kappa shape index (κ3) is 3.46. The van der Waals surface area contributed by atoms with Gasteiger partial charge in [-0.2, -0.15) is 0 Å². The van der Waals surface area contributed by atoms with Crippen LogP contribution < -0.4 is 9.47 Å². The molecule has 0 atom stereocenters. The highest BCUT2D eigenvalue weighted by Crippen LogP contribution is 2.42. The van der Waals surface area contributed by atoms with Crippen molar-refractivity contribution in [3.8, 4) is 11.5 Å². The molecule has 0 heterocycles. The molecule has 0 saturated carbocycles. The number of carbonyl (C=O) groups is 2. The van der Waals surface area contributed by atoms with E-state index in [4.69, 9.17) is 9.47 Å². The second-order valence-corrected chi connectivity index (χ2v) is 9.19. The third-order valence-corrected chi connectivity index (χ3v) is 6.99. The summed E-state index contributed by atoms with van der Waals surface area (Å²) in [5.41, 5.74) is 0.943. The summed E-state index contributed by atoms with van der Waals surface area (Å²) in [4.78, 5) is 26.8. The summed E-state index contributed by atoms with van der Waals surface area (Å²) in [6, 6.07) is 37.6. The molecule has 180 valence electrons. The van der Waals surface area contributed by atoms with Crippen molar-refractivity contribution in [1.82, 2.24) is 0 Å². The van der Waals surface area contributed by atoms with Crippen LogP contribution in [0.15, 0.2) is 121 Å². The lowest BCUT2D eigenvalue weighted by molar-refractivity contribution is 0.0727. The van der Waals surface area contributed by atoms with Crippen LogP contribution >= 0.6 is 0 Å². The number of para-hydroxylation sites is 2. The van der Waals surface area contributed by atoms with Gasteiger partial charge in [-0.25, -0.2) is 9.59 Å². The smallest absolute Gasteiger partial charge is 0.344 e. The van der Waals surface area contributed by atoms with Gasteiger partial charge in [0, 0.05) is 5.39 Å². The molecule has 0 spiro atoms. The van der Waals surface area contributed by atoms with Crippen LogP contribution in [0.2, 0.25) is 0 Å². The Hall–Kier alpha value is -5.22. The highest BCUT2D eigenvalue weighted by molar-refractivity contribution is 6.36. The van der Waals surface area contributed by atoms with Crippen molar-refractivity contribution >= 4 is 55.0 Å². The number of hydrogen-bond acceptors (Lipinski definition) is 4. The van der Waals surface area contributed by atoms with E-state index in [0.29, 0.717) is 22.6 Å². The maximum absolute atomic E-state index is 13.5. The first-order valence-corrected chi connectivity index (χ1v) is 12.4. The Morgan fingerprint density at radius 2 is 0.947 bits per heavy atom. The van der Waals surface area contributed by atoms with Crippen molar-refractivity contribution in [2.75, 3.05) is 0 Å². The van der Waals surface area contributed by atoms with E-state index in [-0.39, 0.29) is 0 Å².